The van der Waals surface area contributed by atoms with Gasteiger partial charge in [0, 0.05) is 22.5 Å². The molecule has 0 aliphatic rings. The van der Waals surface area contributed by atoms with E-state index in [-0.39, 0.29) is 12.1 Å². The van der Waals surface area contributed by atoms with Crippen molar-refractivity contribution < 1.29 is 4.42 Å². The molecule has 6 rings (SSSR count). The van der Waals surface area contributed by atoms with Gasteiger partial charge in [0.05, 0.1) is 5.69 Å². The van der Waals surface area contributed by atoms with Crippen LogP contribution in [0.25, 0.3) is 33.2 Å². The smallest absolute Gasteiger partial charge is 0.242 e. The van der Waals surface area contributed by atoms with Gasteiger partial charge in [-0.05, 0) is 76.8 Å². The number of hydrogen-bond donors (Lipinski definition) is 0. The second-order valence-electron chi connectivity index (χ2n) is 13.3. The predicted octanol–water partition coefficient (Wildman–Crippen LogP) is 8.31. The molecule has 2 aromatic heterocycles. The molecule has 2 heterocycles. The number of rotatable bonds is 4. The molecule has 0 unspecified atom stereocenters. The van der Waals surface area contributed by atoms with Gasteiger partial charge in [-0.1, -0.05) is 119 Å². The number of nitrogens with zero attached hydrogens (tertiary/aromatic N) is 1. The zero-order chi connectivity index (χ0) is 29.9. The van der Waals surface area contributed by atoms with Gasteiger partial charge in [-0.3, -0.25) is 4.98 Å². The Labute approximate surface area is 250 Å². The Morgan fingerprint density at radius 3 is 1.81 bits per heavy atom. The van der Waals surface area contributed by atoms with Crippen LogP contribution >= 0.6 is 0 Å². The largest absolute Gasteiger partial charge is 0.455 e. The molecule has 6 aromatic rings. The Hall–Kier alpha value is -4.11. The molecule has 0 aliphatic heterocycles. The molecule has 0 spiro atoms. The van der Waals surface area contributed by atoms with Crippen LogP contribution in [-0.4, -0.2) is 11.7 Å². The van der Waals surface area contributed by atoms with E-state index >= 15 is 0 Å². The van der Waals surface area contributed by atoms with Crippen molar-refractivity contribution in [1.82, 2.24) is 4.98 Å². The molecule has 0 bridgehead atoms. The average molecular weight is 550 g/mol. The van der Waals surface area contributed by atoms with Gasteiger partial charge in [-0.25, -0.2) is 0 Å². The summed E-state index contributed by atoms with van der Waals surface area (Å²) in [5.41, 5.74) is 17.0. The fraction of sp³-hybridized carbons (Fsp3) is 0.256. The summed E-state index contributed by atoms with van der Waals surface area (Å²) in [7, 11) is 0. The minimum absolute atomic E-state index is 0.0435. The van der Waals surface area contributed by atoms with Crippen molar-refractivity contribution in [2.45, 2.75) is 67.7 Å². The van der Waals surface area contributed by atoms with Crippen LogP contribution in [0.4, 0.5) is 0 Å². The summed E-state index contributed by atoms with van der Waals surface area (Å²) in [5.74, 6) is 0. The summed E-state index contributed by atoms with van der Waals surface area (Å²) < 4.78 is 6.75. The summed E-state index contributed by atoms with van der Waals surface area (Å²) in [4.78, 5) is 4.76. The summed E-state index contributed by atoms with van der Waals surface area (Å²) in [5, 5.41) is 2.26. The number of para-hydroxylation sites is 1. The number of hydrogen-bond acceptors (Lipinski definition) is 2. The second kappa shape index (κ2) is 10.3. The molecule has 0 saturated heterocycles. The lowest BCUT2D eigenvalue weighted by atomic mass is 9.34. The second-order valence-corrected chi connectivity index (χ2v) is 13.3. The molecule has 0 aliphatic carbocycles. The molecule has 0 radical (unpaired) electrons. The summed E-state index contributed by atoms with van der Waals surface area (Å²) in [6, 6.07) is 26.8. The number of furan rings is 1. The molecule has 3 heteroatoms. The molecule has 0 amide bonds. The van der Waals surface area contributed by atoms with Crippen LogP contribution in [0.2, 0.25) is 0 Å². The number of aromatic nitrogens is 1. The molecule has 42 heavy (non-hydrogen) atoms. The van der Waals surface area contributed by atoms with Gasteiger partial charge in [0.25, 0.3) is 0 Å². The topological polar surface area (TPSA) is 26.0 Å². The number of benzene rings is 4. The van der Waals surface area contributed by atoms with Gasteiger partial charge >= 0.3 is 0 Å². The van der Waals surface area contributed by atoms with Crippen molar-refractivity contribution in [3.8, 4) is 11.3 Å². The van der Waals surface area contributed by atoms with Crippen LogP contribution in [-0.2, 0) is 5.41 Å². The lowest BCUT2D eigenvalue weighted by molar-refractivity contribution is 0.589. The van der Waals surface area contributed by atoms with E-state index in [1.165, 1.54) is 55.3 Å². The van der Waals surface area contributed by atoms with E-state index in [0.29, 0.717) is 0 Å². The van der Waals surface area contributed by atoms with E-state index < -0.39 is 0 Å². The molecule has 0 atom stereocenters. The van der Waals surface area contributed by atoms with Crippen molar-refractivity contribution in [1.29, 1.82) is 0 Å². The maximum atomic E-state index is 6.75. The molecule has 0 saturated carbocycles. The van der Waals surface area contributed by atoms with Crippen LogP contribution in [0.3, 0.4) is 0 Å². The van der Waals surface area contributed by atoms with E-state index in [2.05, 4.69) is 135 Å². The lowest BCUT2D eigenvalue weighted by Gasteiger charge is -2.24. The Bertz CT molecular complexity index is 1880. The maximum absolute atomic E-state index is 6.75. The Morgan fingerprint density at radius 2 is 1.24 bits per heavy atom. The van der Waals surface area contributed by atoms with Gasteiger partial charge in [-0.15, -0.1) is 0 Å². The number of pyridine rings is 1. The van der Waals surface area contributed by atoms with Gasteiger partial charge < -0.3 is 4.42 Å². The summed E-state index contributed by atoms with van der Waals surface area (Å²) >= 11 is 0. The number of aryl methyl sites for hydroxylation is 6. The molecule has 210 valence electrons. The third-order valence-electron chi connectivity index (χ3n) is 8.81. The highest BCUT2D eigenvalue weighted by Gasteiger charge is 2.29. The van der Waals surface area contributed by atoms with E-state index in [9.17, 15) is 0 Å². The van der Waals surface area contributed by atoms with Crippen molar-refractivity contribution >= 4 is 45.0 Å². The van der Waals surface area contributed by atoms with Crippen LogP contribution in [0.15, 0.2) is 83.4 Å². The SMILES string of the molecule is Cc1cc(C)c(B(c2ccc3c(c2)oc2c(-c4cc(C(C)(C)C)ccn4)cccc23)c2c(C)cc(C)cc2C)c(C)c1. The fourth-order valence-corrected chi connectivity index (χ4v) is 7.01. The Kier molecular flexibility index (Phi) is 6.88. The normalized spacial score (nSPS) is 11.9. The predicted molar refractivity (Wildman–Crippen MR) is 182 cm³/mol. The maximum Gasteiger partial charge on any atom is 0.242 e. The minimum atomic E-state index is 0.0435. The van der Waals surface area contributed by atoms with Gasteiger partial charge in [0.2, 0.25) is 6.71 Å². The molecule has 4 aromatic carbocycles. The first-order valence-electron chi connectivity index (χ1n) is 15.0. The Morgan fingerprint density at radius 1 is 0.643 bits per heavy atom. The monoisotopic (exact) mass is 549 g/mol. The van der Waals surface area contributed by atoms with Crippen LogP contribution in [0.5, 0.6) is 0 Å². The molecule has 0 fully saturated rings. The number of fused-ring (bicyclic) bond motifs is 3. The molecule has 2 nitrogen and oxygen atoms in total. The highest BCUT2D eigenvalue weighted by atomic mass is 16.3. The molecular weight excluding hydrogens is 509 g/mol. The lowest BCUT2D eigenvalue weighted by Crippen LogP contribution is -2.55. The van der Waals surface area contributed by atoms with E-state index in [0.717, 1.165) is 33.2 Å². The fourth-order valence-electron chi connectivity index (χ4n) is 7.01. The molecular formula is C39H40BNO. The minimum Gasteiger partial charge on any atom is -0.455 e. The Balaban J connectivity index is 1.59. The van der Waals surface area contributed by atoms with Crippen molar-refractivity contribution in [2.24, 2.45) is 0 Å². The van der Waals surface area contributed by atoms with Gasteiger partial charge in [0.1, 0.15) is 11.2 Å². The van der Waals surface area contributed by atoms with E-state index in [4.69, 9.17) is 9.40 Å². The van der Waals surface area contributed by atoms with Crippen LogP contribution in [0, 0.1) is 41.5 Å². The summed E-state index contributed by atoms with van der Waals surface area (Å²) in [6.07, 6.45) is 1.92. The molecule has 0 N–H and O–H groups in total. The average Bonchev–Trinajstić information content (AvgIpc) is 3.29. The van der Waals surface area contributed by atoms with Gasteiger partial charge in [0.15, 0.2) is 0 Å². The first-order valence-corrected chi connectivity index (χ1v) is 15.0. The zero-order valence-corrected chi connectivity index (χ0v) is 26.4. The highest BCUT2D eigenvalue weighted by molar-refractivity contribution is 6.96. The van der Waals surface area contributed by atoms with Gasteiger partial charge in [-0.2, -0.15) is 0 Å². The third-order valence-corrected chi connectivity index (χ3v) is 8.81. The summed E-state index contributed by atoms with van der Waals surface area (Å²) in [6.45, 7) is 20.2. The highest BCUT2D eigenvalue weighted by Crippen LogP contribution is 2.36. The standard InChI is InChI=1S/C39H40BNO/c1-23-17-25(3)36(26(4)18-23)40(37-27(5)19-24(2)20-28(37)6)30-13-14-31-32-11-10-12-33(38(32)42-35(31)22-30)34-21-29(15-16-41-34)39(7,8)9/h10-22H,1-9H3. The first-order chi connectivity index (χ1) is 19.9. The van der Waals surface area contributed by atoms with E-state index in [1.807, 2.05) is 6.20 Å². The van der Waals surface area contributed by atoms with Crippen LogP contribution < -0.4 is 16.4 Å². The quantitative estimate of drug-likeness (QED) is 0.207. The third kappa shape index (κ3) is 4.85. The first kappa shape index (κ1) is 28.0. The zero-order valence-electron chi connectivity index (χ0n) is 26.4. The van der Waals surface area contributed by atoms with E-state index in [1.54, 1.807) is 0 Å². The van der Waals surface area contributed by atoms with Crippen molar-refractivity contribution in [3.63, 3.8) is 0 Å². The van der Waals surface area contributed by atoms with Crippen molar-refractivity contribution in [3.05, 3.63) is 118 Å². The van der Waals surface area contributed by atoms with Crippen LogP contribution in [0.1, 0.15) is 59.7 Å². The van der Waals surface area contributed by atoms with Crippen molar-refractivity contribution in [2.75, 3.05) is 0 Å².